The molecular weight excluding hydrogens is 334 g/mol. The minimum atomic E-state index is 0.355. The molecule has 2 saturated heterocycles. The first-order valence-electron chi connectivity index (χ1n) is 12.1. The van der Waals surface area contributed by atoms with Crippen LogP contribution in [0.15, 0.2) is 0 Å². The minimum absolute atomic E-state index is 0.355. The van der Waals surface area contributed by atoms with E-state index in [9.17, 15) is 4.79 Å². The van der Waals surface area contributed by atoms with Crippen LogP contribution in [-0.4, -0.2) is 64.5 Å². The standard InChI is InChI=1S/C23H41N3O/c1-3-7-18-10-12-19(13-11-18)24-16-14-20(15-17-24)26-22-9-6-5-8-21(22)25(4-2)23(26)27/h18-22H,3-17H2,1-2H3/t18?,19?,21-,22-/m1/s1. The zero-order chi connectivity index (χ0) is 18.8. The van der Waals surface area contributed by atoms with Crippen LogP contribution in [-0.2, 0) is 0 Å². The number of hydrogen-bond donors (Lipinski definition) is 0. The lowest BCUT2D eigenvalue weighted by Gasteiger charge is -2.44. The summed E-state index contributed by atoms with van der Waals surface area (Å²) in [5.74, 6) is 0.995. The molecule has 0 bridgehead atoms. The van der Waals surface area contributed by atoms with Gasteiger partial charge in [-0.15, -0.1) is 0 Å². The van der Waals surface area contributed by atoms with E-state index in [4.69, 9.17) is 0 Å². The van der Waals surface area contributed by atoms with Gasteiger partial charge in [0.1, 0.15) is 0 Å². The highest BCUT2D eigenvalue weighted by Gasteiger charge is 2.48. The summed E-state index contributed by atoms with van der Waals surface area (Å²) >= 11 is 0. The lowest BCUT2D eigenvalue weighted by Crippen LogP contribution is -2.52. The lowest BCUT2D eigenvalue weighted by atomic mass is 9.82. The number of rotatable bonds is 5. The maximum absolute atomic E-state index is 13.1. The summed E-state index contributed by atoms with van der Waals surface area (Å²) < 4.78 is 0. The highest BCUT2D eigenvalue weighted by atomic mass is 16.2. The van der Waals surface area contributed by atoms with E-state index in [1.165, 1.54) is 90.1 Å². The first-order valence-corrected chi connectivity index (χ1v) is 12.1. The van der Waals surface area contributed by atoms with Gasteiger partial charge in [-0.25, -0.2) is 4.79 Å². The Bertz CT molecular complexity index is 494. The average Bonchev–Trinajstić information content (AvgIpc) is 3.00. The fourth-order valence-corrected chi connectivity index (χ4v) is 6.74. The maximum Gasteiger partial charge on any atom is 0.320 e. The topological polar surface area (TPSA) is 26.8 Å². The van der Waals surface area contributed by atoms with Gasteiger partial charge in [0.15, 0.2) is 0 Å². The second kappa shape index (κ2) is 8.71. The van der Waals surface area contributed by atoms with E-state index in [1.54, 1.807) is 0 Å². The number of likely N-dealkylation sites (tertiary alicyclic amines) is 1. The number of amides is 2. The van der Waals surface area contributed by atoms with Gasteiger partial charge in [-0.1, -0.05) is 32.6 Å². The molecule has 154 valence electrons. The predicted octanol–water partition coefficient (Wildman–Crippen LogP) is 4.88. The van der Waals surface area contributed by atoms with Crippen LogP contribution in [0.2, 0.25) is 0 Å². The summed E-state index contributed by atoms with van der Waals surface area (Å²) in [6, 6.07) is 2.68. The van der Waals surface area contributed by atoms with Gasteiger partial charge in [0.2, 0.25) is 0 Å². The lowest BCUT2D eigenvalue weighted by molar-refractivity contribution is 0.0635. The maximum atomic E-state index is 13.1. The van der Waals surface area contributed by atoms with E-state index in [0.29, 0.717) is 24.2 Å². The van der Waals surface area contributed by atoms with Crippen LogP contribution >= 0.6 is 0 Å². The van der Waals surface area contributed by atoms with Gasteiger partial charge in [-0.05, 0) is 64.2 Å². The van der Waals surface area contributed by atoms with Crippen molar-refractivity contribution in [1.82, 2.24) is 14.7 Å². The molecule has 0 unspecified atom stereocenters. The van der Waals surface area contributed by atoms with Crippen molar-refractivity contribution in [2.75, 3.05) is 19.6 Å². The first-order chi connectivity index (χ1) is 13.2. The number of hydrogen-bond acceptors (Lipinski definition) is 2. The molecule has 4 fully saturated rings. The molecule has 0 aromatic carbocycles. The Labute approximate surface area is 166 Å². The molecule has 2 saturated carbocycles. The molecule has 2 amide bonds. The van der Waals surface area contributed by atoms with Crippen molar-refractivity contribution in [2.45, 2.75) is 115 Å². The normalized spacial score (nSPS) is 36.3. The van der Waals surface area contributed by atoms with Gasteiger partial charge in [0.05, 0.1) is 12.1 Å². The number of nitrogens with zero attached hydrogens (tertiary/aromatic N) is 3. The fourth-order valence-electron chi connectivity index (χ4n) is 6.74. The Balaban J connectivity index is 1.32. The van der Waals surface area contributed by atoms with E-state index >= 15 is 0 Å². The van der Waals surface area contributed by atoms with E-state index < -0.39 is 0 Å². The second-order valence-electron chi connectivity index (χ2n) is 9.63. The van der Waals surface area contributed by atoms with Crippen LogP contribution in [0.1, 0.15) is 90.9 Å². The van der Waals surface area contributed by atoms with E-state index in [1.807, 2.05) is 0 Å². The van der Waals surface area contributed by atoms with Crippen molar-refractivity contribution in [1.29, 1.82) is 0 Å². The molecule has 4 heteroatoms. The largest absolute Gasteiger partial charge is 0.320 e. The quantitative estimate of drug-likeness (QED) is 0.685. The molecule has 4 aliphatic rings. The molecule has 0 N–H and O–H groups in total. The van der Waals surface area contributed by atoms with Gasteiger partial charge in [0, 0.05) is 31.7 Å². The Kier molecular flexibility index (Phi) is 6.31. The molecule has 2 aliphatic carbocycles. The third kappa shape index (κ3) is 3.88. The zero-order valence-electron chi connectivity index (χ0n) is 17.7. The van der Waals surface area contributed by atoms with Crippen molar-refractivity contribution in [3.05, 3.63) is 0 Å². The number of carbonyl (C=O) groups is 1. The molecule has 2 atom stereocenters. The molecule has 4 rings (SSSR count). The van der Waals surface area contributed by atoms with Crippen molar-refractivity contribution >= 4 is 6.03 Å². The van der Waals surface area contributed by atoms with Crippen LogP contribution in [0.5, 0.6) is 0 Å². The highest BCUT2D eigenvalue weighted by Crippen LogP contribution is 2.38. The second-order valence-corrected chi connectivity index (χ2v) is 9.63. The van der Waals surface area contributed by atoms with Crippen LogP contribution in [0.3, 0.4) is 0 Å². The molecule has 4 nitrogen and oxygen atoms in total. The number of fused-ring (bicyclic) bond motifs is 1. The van der Waals surface area contributed by atoms with E-state index in [0.717, 1.165) is 18.5 Å². The van der Waals surface area contributed by atoms with Crippen molar-refractivity contribution < 1.29 is 4.79 Å². The third-order valence-corrected chi connectivity index (χ3v) is 8.18. The molecule has 27 heavy (non-hydrogen) atoms. The van der Waals surface area contributed by atoms with Gasteiger partial charge in [0.25, 0.3) is 0 Å². The van der Waals surface area contributed by atoms with Gasteiger partial charge < -0.3 is 14.7 Å². The summed E-state index contributed by atoms with van der Waals surface area (Å²) in [7, 11) is 0. The Hall–Kier alpha value is -0.770. The van der Waals surface area contributed by atoms with Crippen LogP contribution in [0.4, 0.5) is 4.79 Å². The van der Waals surface area contributed by atoms with Crippen molar-refractivity contribution in [3.8, 4) is 0 Å². The first kappa shape index (κ1) is 19.5. The number of carbonyl (C=O) groups excluding carboxylic acids is 1. The monoisotopic (exact) mass is 375 g/mol. The van der Waals surface area contributed by atoms with E-state index in [2.05, 4.69) is 28.5 Å². The average molecular weight is 376 g/mol. The molecule has 2 heterocycles. The Morgan fingerprint density at radius 1 is 0.815 bits per heavy atom. The summed E-state index contributed by atoms with van der Waals surface area (Å²) in [5.41, 5.74) is 0. The molecule has 2 aliphatic heterocycles. The fraction of sp³-hybridized carbons (Fsp3) is 0.957. The number of urea groups is 1. The van der Waals surface area contributed by atoms with Gasteiger partial charge >= 0.3 is 6.03 Å². The number of piperidine rings is 1. The SMILES string of the molecule is CCCC1CCC(N2CCC(N3C(=O)N(CC)[C@@H]4CCCC[C@H]43)CC2)CC1. The Morgan fingerprint density at radius 2 is 1.48 bits per heavy atom. The van der Waals surface area contributed by atoms with Gasteiger partial charge in [-0.2, -0.15) is 0 Å². The molecule has 0 aromatic heterocycles. The summed E-state index contributed by atoms with van der Waals surface area (Å²) in [6.45, 7) is 7.79. The van der Waals surface area contributed by atoms with Crippen LogP contribution < -0.4 is 0 Å². The molecular formula is C23H41N3O. The van der Waals surface area contributed by atoms with Crippen LogP contribution in [0, 0.1) is 5.92 Å². The summed E-state index contributed by atoms with van der Waals surface area (Å²) in [6.07, 6.45) is 15.9. The molecule has 0 aromatic rings. The zero-order valence-corrected chi connectivity index (χ0v) is 17.7. The van der Waals surface area contributed by atoms with E-state index in [-0.39, 0.29) is 0 Å². The third-order valence-electron chi connectivity index (χ3n) is 8.18. The predicted molar refractivity (Wildman–Crippen MR) is 111 cm³/mol. The minimum Gasteiger partial charge on any atom is -0.320 e. The number of likely N-dealkylation sites (N-methyl/N-ethyl adjacent to an activating group) is 1. The van der Waals surface area contributed by atoms with Gasteiger partial charge in [-0.3, -0.25) is 0 Å². The molecule has 0 spiro atoms. The Morgan fingerprint density at radius 3 is 2.11 bits per heavy atom. The summed E-state index contributed by atoms with van der Waals surface area (Å²) in [4.78, 5) is 20.4. The van der Waals surface area contributed by atoms with Crippen LogP contribution in [0.25, 0.3) is 0 Å². The van der Waals surface area contributed by atoms with Crippen molar-refractivity contribution in [3.63, 3.8) is 0 Å². The smallest absolute Gasteiger partial charge is 0.320 e. The van der Waals surface area contributed by atoms with Crippen molar-refractivity contribution in [2.24, 2.45) is 5.92 Å². The highest BCUT2D eigenvalue weighted by molar-refractivity contribution is 5.78. The molecule has 0 radical (unpaired) electrons. The summed E-state index contributed by atoms with van der Waals surface area (Å²) in [5, 5.41) is 0.